The van der Waals surface area contributed by atoms with Crippen LogP contribution in [0.5, 0.6) is 0 Å². The summed E-state index contributed by atoms with van der Waals surface area (Å²) in [6.07, 6.45) is -2.69. The van der Waals surface area contributed by atoms with Crippen molar-refractivity contribution in [2.75, 3.05) is 18.9 Å². The predicted octanol–water partition coefficient (Wildman–Crippen LogP) is 3.78. The molecule has 1 saturated heterocycles. The van der Waals surface area contributed by atoms with Gasteiger partial charge in [0.05, 0.1) is 11.7 Å². The third-order valence-corrected chi connectivity index (χ3v) is 5.39. The van der Waals surface area contributed by atoms with E-state index in [1.807, 2.05) is 0 Å². The van der Waals surface area contributed by atoms with Crippen LogP contribution in [-0.2, 0) is 10.9 Å². The molecule has 3 N–H and O–H groups in total. The molecule has 3 rings (SSSR count). The topological polar surface area (TPSA) is 69.3 Å². The van der Waals surface area contributed by atoms with E-state index in [1.54, 1.807) is 0 Å². The molecule has 5 nitrogen and oxygen atoms in total. The third-order valence-electron chi connectivity index (χ3n) is 4.00. The van der Waals surface area contributed by atoms with E-state index in [0.29, 0.717) is 13.2 Å². The first-order chi connectivity index (χ1) is 12.3. The number of nitrogens with one attached hydrogen (secondary N) is 1. The minimum Gasteiger partial charge on any atom is -0.383 e. The molecule has 1 aromatic heterocycles. The highest BCUT2D eigenvalue weighted by atomic mass is 32.1. The Labute approximate surface area is 156 Å². The molecular weight excluding hydrogens is 387 g/mol. The van der Waals surface area contributed by atoms with Crippen molar-refractivity contribution in [3.05, 3.63) is 38.7 Å². The molecule has 10 heteroatoms. The zero-order valence-corrected chi connectivity index (χ0v) is 15.1. The summed E-state index contributed by atoms with van der Waals surface area (Å²) in [5.74, 6) is -0.399. The summed E-state index contributed by atoms with van der Waals surface area (Å²) in [5, 5.41) is 2.74. The Bertz CT molecular complexity index is 870. The van der Waals surface area contributed by atoms with Crippen molar-refractivity contribution < 1.29 is 22.7 Å². The number of alkyl halides is 3. The monoisotopic (exact) mass is 403 g/mol. The number of thiazole rings is 1. The fourth-order valence-electron chi connectivity index (χ4n) is 2.71. The number of halogens is 3. The molecule has 0 saturated carbocycles. The van der Waals surface area contributed by atoms with Gasteiger partial charge >= 0.3 is 6.18 Å². The molecule has 0 bridgehead atoms. The average molecular weight is 403 g/mol. The molecule has 2 aromatic rings. The first-order valence-corrected chi connectivity index (χ1v) is 9.08. The number of hydrogen-bond acceptors (Lipinski definition) is 5. The Morgan fingerprint density at radius 3 is 2.88 bits per heavy atom. The molecule has 1 aliphatic heterocycles. The highest BCUT2D eigenvalue weighted by Gasteiger charge is 2.31. The van der Waals surface area contributed by atoms with Gasteiger partial charge in [0, 0.05) is 18.8 Å². The number of nitrogens with zero attached hydrogens (tertiary/aromatic N) is 1. The quantitative estimate of drug-likeness (QED) is 0.763. The number of anilines is 1. The van der Waals surface area contributed by atoms with Crippen molar-refractivity contribution in [2.45, 2.75) is 25.1 Å². The van der Waals surface area contributed by atoms with Gasteiger partial charge in [-0.3, -0.25) is 9.36 Å². The van der Waals surface area contributed by atoms with Gasteiger partial charge in [-0.25, -0.2) is 0 Å². The second kappa shape index (κ2) is 7.37. The van der Waals surface area contributed by atoms with Crippen molar-refractivity contribution in [1.82, 2.24) is 9.88 Å². The van der Waals surface area contributed by atoms with Crippen LogP contribution in [0.3, 0.4) is 0 Å². The summed E-state index contributed by atoms with van der Waals surface area (Å²) in [7, 11) is 0. The Balaban J connectivity index is 1.86. The Kier molecular flexibility index (Phi) is 5.35. The highest BCUT2D eigenvalue weighted by molar-refractivity contribution is 7.73. The van der Waals surface area contributed by atoms with Gasteiger partial charge in [0.1, 0.15) is 10.7 Å². The normalized spacial score (nSPS) is 17.4. The van der Waals surface area contributed by atoms with Gasteiger partial charge in [-0.1, -0.05) is 17.4 Å². The smallest absolute Gasteiger partial charge is 0.383 e. The van der Waals surface area contributed by atoms with E-state index >= 15 is 0 Å². The number of rotatable bonds is 4. The number of ether oxygens (including phenoxy) is 1. The molecule has 1 aromatic carbocycles. The van der Waals surface area contributed by atoms with Crippen molar-refractivity contribution in [3.63, 3.8) is 0 Å². The zero-order chi connectivity index (χ0) is 18.9. The van der Waals surface area contributed by atoms with Gasteiger partial charge in [0.25, 0.3) is 5.91 Å². The van der Waals surface area contributed by atoms with Gasteiger partial charge in [-0.2, -0.15) is 13.2 Å². The highest BCUT2D eigenvalue weighted by Crippen LogP contribution is 2.32. The van der Waals surface area contributed by atoms with E-state index in [-0.39, 0.29) is 26.4 Å². The zero-order valence-electron chi connectivity index (χ0n) is 13.5. The molecule has 0 aliphatic carbocycles. The van der Waals surface area contributed by atoms with Crippen molar-refractivity contribution in [1.29, 1.82) is 0 Å². The second-order valence-electron chi connectivity index (χ2n) is 5.81. The maximum absolute atomic E-state index is 12.9. The van der Waals surface area contributed by atoms with Crippen LogP contribution in [0.2, 0.25) is 0 Å². The van der Waals surface area contributed by atoms with E-state index < -0.39 is 17.6 Å². The lowest BCUT2D eigenvalue weighted by molar-refractivity contribution is -0.137. The molecule has 140 valence electrons. The van der Waals surface area contributed by atoms with E-state index in [0.717, 1.165) is 36.3 Å². The molecule has 26 heavy (non-hydrogen) atoms. The van der Waals surface area contributed by atoms with Crippen LogP contribution in [0, 0.1) is 3.95 Å². The minimum atomic E-state index is -4.48. The maximum Gasteiger partial charge on any atom is 0.416 e. The number of carbonyl (C=O) groups is 1. The predicted molar refractivity (Wildman–Crippen MR) is 95.2 cm³/mol. The first-order valence-electron chi connectivity index (χ1n) is 7.86. The molecule has 1 amide bonds. The van der Waals surface area contributed by atoms with Gasteiger partial charge in [-0.15, -0.1) is 0 Å². The average Bonchev–Trinajstić information content (AvgIpc) is 3.20. The standard InChI is InChI=1S/C16H16F3N3O2S2/c17-16(18,19)9-3-1-4-10(7-9)22-13(20)12(26-15(22)25)14(23)21-8-11-5-2-6-24-11/h1,3-4,7,11H,2,5-6,8,20H2,(H,21,23)/t11-/m0/s1. The number of nitrogens with two attached hydrogens (primary N) is 1. The van der Waals surface area contributed by atoms with Gasteiger partial charge in [0.15, 0.2) is 3.95 Å². The number of amides is 1. The van der Waals surface area contributed by atoms with E-state index in [2.05, 4.69) is 5.32 Å². The van der Waals surface area contributed by atoms with Crippen LogP contribution in [-0.4, -0.2) is 29.7 Å². The summed E-state index contributed by atoms with van der Waals surface area (Å²) >= 11 is 6.16. The minimum absolute atomic E-state index is 0.0177. The molecule has 0 spiro atoms. The summed E-state index contributed by atoms with van der Waals surface area (Å²) in [4.78, 5) is 12.5. The van der Waals surface area contributed by atoms with Crippen LogP contribution in [0.4, 0.5) is 19.0 Å². The van der Waals surface area contributed by atoms with Crippen LogP contribution < -0.4 is 11.1 Å². The summed E-state index contributed by atoms with van der Waals surface area (Å²) in [5.41, 5.74) is 5.36. The molecule has 0 unspecified atom stereocenters. The van der Waals surface area contributed by atoms with Gasteiger partial charge in [-0.05, 0) is 43.3 Å². The molecule has 1 fully saturated rings. The Hall–Kier alpha value is -1.91. The molecule has 0 radical (unpaired) electrons. The van der Waals surface area contributed by atoms with E-state index in [1.165, 1.54) is 16.7 Å². The SMILES string of the molecule is Nc1c(C(=O)NC[C@@H]2CCCO2)sc(=S)n1-c1cccc(C(F)(F)F)c1. The van der Waals surface area contributed by atoms with Crippen molar-refractivity contribution >= 4 is 35.3 Å². The van der Waals surface area contributed by atoms with Crippen molar-refractivity contribution in [3.8, 4) is 5.69 Å². The Morgan fingerprint density at radius 1 is 1.46 bits per heavy atom. The fraction of sp³-hybridized carbons (Fsp3) is 0.375. The lowest BCUT2D eigenvalue weighted by Gasteiger charge is -2.12. The molecule has 1 aliphatic rings. The number of carbonyl (C=O) groups excluding carboxylic acids is 1. The molecule has 2 heterocycles. The van der Waals surface area contributed by atoms with E-state index in [4.69, 9.17) is 22.7 Å². The molecule has 1 atom stereocenters. The lowest BCUT2D eigenvalue weighted by atomic mass is 10.2. The number of benzene rings is 1. The van der Waals surface area contributed by atoms with Crippen LogP contribution in [0.1, 0.15) is 28.1 Å². The second-order valence-corrected chi connectivity index (χ2v) is 7.46. The fourth-order valence-corrected chi connectivity index (χ4v) is 3.99. The number of nitrogen functional groups attached to an aromatic ring is 1. The van der Waals surface area contributed by atoms with Crippen molar-refractivity contribution in [2.24, 2.45) is 0 Å². The Morgan fingerprint density at radius 2 is 2.23 bits per heavy atom. The van der Waals surface area contributed by atoms with Crippen LogP contribution in [0.15, 0.2) is 24.3 Å². The van der Waals surface area contributed by atoms with E-state index in [9.17, 15) is 18.0 Å². The van der Waals surface area contributed by atoms with Crippen LogP contribution >= 0.6 is 23.6 Å². The maximum atomic E-state index is 12.9. The van der Waals surface area contributed by atoms with Gasteiger partial charge < -0.3 is 15.8 Å². The summed E-state index contributed by atoms with van der Waals surface area (Å²) in [6, 6.07) is 4.65. The summed E-state index contributed by atoms with van der Waals surface area (Å²) in [6.45, 7) is 1.03. The number of aromatic nitrogens is 1. The molecular formula is C16H16F3N3O2S2. The third kappa shape index (κ3) is 3.92. The van der Waals surface area contributed by atoms with Crippen LogP contribution in [0.25, 0.3) is 5.69 Å². The first kappa shape index (κ1) is 18.9. The number of hydrogen-bond donors (Lipinski definition) is 2. The largest absolute Gasteiger partial charge is 0.416 e. The van der Waals surface area contributed by atoms with Gasteiger partial charge in [0.2, 0.25) is 0 Å². The summed E-state index contributed by atoms with van der Waals surface area (Å²) < 4.78 is 45.7. The lowest BCUT2D eigenvalue weighted by Crippen LogP contribution is -2.31.